The first kappa shape index (κ1) is 83.3. The Morgan fingerprint density at radius 2 is 1.03 bits per heavy atom. The van der Waals surface area contributed by atoms with E-state index in [0.29, 0.717) is 5.06 Å². The van der Waals surface area contributed by atoms with Gasteiger partial charge < -0.3 is 65.4 Å². The van der Waals surface area contributed by atoms with Crippen LogP contribution in [-0.4, -0.2) is 263 Å². The van der Waals surface area contributed by atoms with Crippen LogP contribution in [0.15, 0.2) is 12.2 Å². The Morgan fingerprint density at radius 1 is 0.565 bits per heavy atom. The van der Waals surface area contributed by atoms with Gasteiger partial charge in [0.1, 0.15) is 60.4 Å². The molecule has 0 saturated carbocycles. The van der Waals surface area contributed by atoms with Gasteiger partial charge in [0.15, 0.2) is 0 Å². The molecule has 0 aromatic heterocycles. The summed E-state index contributed by atoms with van der Waals surface area (Å²) in [6.07, 6.45) is 1.41. The van der Waals surface area contributed by atoms with Gasteiger partial charge in [-0.25, -0.2) is 5.06 Å². The fourth-order valence-electron chi connectivity index (χ4n) is 11.2. The van der Waals surface area contributed by atoms with Gasteiger partial charge in [-0.3, -0.25) is 62.7 Å². The van der Waals surface area contributed by atoms with E-state index in [-0.39, 0.29) is 69.3 Å². The molecule has 1 aliphatic rings. The van der Waals surface area contributed by atoms with Crippen molar-refractivity contribution >= 4 is 70.9 Å². The molecule has 6 N–H and O–H groups in total. The van der Waals surface area contributed by atoms with Crippen LogP contribution < -0.4 is 21.3 Å². The van der Waals surface area contributed by atoms with Crippen LogP contribution >= 0.6 is 0 Å². The molecule has 0 spiro atoms. The number of amides is 12. The summed E-state index contributed by atoms with van der Waals surface area (Å²) in [4.78, 5) is 182. The molecule has 1 saturated heterocycles. The smallest absolute Gasteiger partial charge is 0.246 e. The van der Waals surface area contributed by atoms with Gasteiger partial charge in [-0.15, -0.1) is 0 Å². The minimum Gasteiger partial charge on any atom is -0.390 e. The topological polar surface area (TPSA) is 329 Å². The first-order valence-corrected chi connectivity index (χ1v) is 32.5. The van der Waals surface area contributed by atoms with Gasteiger partial charge in [0, 0.05) is 69.4 Å². The van der Waals surface area contributed by atoms with Crippen molar-refractivity contribution in [2.45, 2.75) is 228 Å². The average molecular weight is 1310 g/mol. The van der Waals surface area contributed by atoms with Crippen LogP contribution in [0.1, 0.15) is 156 Å². The van der Waals surface area contributed by atoms with Crippen LogP contribution in [0.5, 0.6) is 0 Å². The van der Waals surface area contributed by atoms with E-state index >= 15 is 9.59 Å². The zero-order chi connectivity index (χ0) is 71.3. The zero-order valence-corrected chi connectivity index (χ0v) is 59.7. The second kappa shape index (κ2) is 38.4. The van der Waals surface area contributed by atoms with E-state index in [2.05, 4.69) is 21.3 Å². The summed E-state index contributed by atoms with van der Waals surface area (Å²) in [5.74, 6) is -11.3. The molecule has 0 radical (unpaired) electrons. The van der Waals surface area contributed by atoms with Gasteiger partial charge in [0.25, 0.3) is 0 Å². The molecule has 27 nitrogen and oxygen atoms in total. The van der Waals surface area contributed by atoms with Crippen molar-refractivity contribution in [3.63, 3.8) is 0 Å². The van der Waals surface area contributed by atoms with Crippen molar-refractivity contribution in [2.75, 3.05) is 69.5 Å². The number of ether oxygens (including phenoxy) is 1. The van der Waals surface area contributed by atoms with Gasteiger partial charge in [-0.2, -0.15) is 0 Å². The lowest BCUT2D eigenvalue weighted by atomic mass is 9.91. The summed E-state index contributed by atoms with van der Waals surface area (Å²) < 4.78 is 6.05. The monoisotopic (exact) mass is 1300 g/mol. The third kappa shape index (κ3) is 23.7. The lowest BCUT2D eigenvalue weighted by Crippen LogP contribution is -2.63. The number of aliphatic hydroxyl groups is 1. The van der Waals surface area contributed by atoms with Crippen LogP contribution in [0.2, 0.25) is 0 Å². The molecule has 0 aromatic carbocycles. The molecule has 526 valence electrons. The van der Waals surface area contributed by atoms with Gasteiger partial charge in [-0.05, 0) is 102 Å². The lowest BCUT2D eigenvalue weighted by Gasteiger charge is -2.41. The highest BCUT2D eigenvalue weighted by molar-refractivity contribution is 5.99. The summed E-state index contributed by atoms with van der Waals surface area (Å²) in [5, 5.41) is 33.0. The number of carbonyl (C=O) groups excluding carboxylic acids is 12. The predicted octanol–water partition coefficient (Wildman–Crippen LogP) is 2.26. The van der Waals surface area contributed by atoms with Crippen LogP contribution in [0, 0.1) is 35.5 Å². The first-order valence-electron chi connectivity index (χ1n) is 32.5. The highest BCUT2D eigenvalue weighted by atomic mass is 16.5. The Morgan fingerprint density at radius 3 is 1.51 bits per heavy atom. The molecule has 92 heavy (non-hydrogen) atoms. The van der Waals surface area contributed by atoms with E-state index < -0.39 is 168 Å². The largest absolute Gasteiger partial charge is 0.390 e. The zero-order valence-electron chi connectivity index (χ0n) is 59.7. The molecule has 0 aliphatic carbocycles. The maximum atomic E-state index is 15.2. The summed E-state index contributed by atoms with van der Waals surface area (Å²) in [6, 6.07) is -13.3. The van der Waals surface area contributed by atoms with Crippen molar-refractivity contribution in [3.8, 4) is 0 Å². The van der Waals surface area contributed by atoms with Gasteiger partial charge >= 0.3 is 0 Å². The fourth-order valence-corrected chi connectivity index (χ4v) is 11.2. The van der Waals surface area contributed by atoms with Crippen LogP contribution in [0.25, 0.3) is 0 Å². The molecule has 0 unspecified atom stereocenters. The summed E-state index contributed by atoms with van der Waals surface area (Å²) in [6.45, 7) is 26.4. The maximum Gasteiger partial charge on any atom is 0.246 e. The maximum absolute atomic E-state index is 15.2. The molecule has 27 heteroatoms. The number of nitrogens with zero attached hydrogens (tertiary/aromatic N) is 8. The van der Waals surface area contributed by atoms with Gasteiger partial charge in [-0.1, -0.05) is 95.2 Å². The van der Waals surface area contributed by atoms with Crippen LogP contribution in [-0.2, 0) is 62.3 Å². The standard InChI is InChI=1S/C65H116N12O15/c1-25-27-29-41(13)55(80)54-59(84)68-45(26-2)61(86)70(17)35-50(79)74(21)53(44(16)92-31-28-30-49(78)77(24)91)58(83)69-51(39(9)10)64(89)71(18)46(32-36(3)4)57(82)66-42(14)56(81)67-43(15)60(85)72(19)47(33-37(5)6)62(87)73(20)48(34-38(7)8)63(88)75(22)52(40(11)12)65(90)76(54)23/h25,27,36-48,51-55,80,91H,26,28-35H2,1-24H3,(H,66,82)(H,67,81)(H,68,84)(H,69,83)/t41-,42+,43-,44-,45+,46+,47+,48-,51+,52+,53+,54+,55-/m1/s1. The molecule has 0 aromatic rings. The molecule has 1 fully saturated rings. The number of hydrogen-bond donors (Lipinski definition) is 6. The Bertz CT molecular complexity index is 2540. The lowest BCUT2D eigenvalue weighted by molar-refractivity contribution is -0.160. The Labute approximate surface area is 547 Å². The number of carbonyl (C=O) groups is 12. The number of aliphatic hydroxyl groups excluding tert-OH is 1. The normalized spacial score (nSPS) is 26.0. The number of allylic oxidation sites excluding steroid dienone is 2. The van der Waals surface area contributed by atoms with E-state index in [1.165, 1.54) is 96.8 Å². The first-order chi connectivity index (χ1) is 42.5. The van der Waals surface area contributed by atoms with Crippen molar-refractivity contribution in [1.82, 2.24) is 60.6 Å². The van der Waals surface area contributed by atoms with Gasteiger partial charge in [0.2, 0.25) is 70.9 Å². The van der Waals surface area contributed by atoms with E-state index in [0.717, 1.165) is 14.7 Å². The van der Waals surface area contributed by atoms with Gasteiger partial charge in [0.05, 0.1) is 18.8 Å². The van der Waals surface area contributed by atoms with Crippen molar-refractivity contribution < 1.29 is 72.6 Å². The number of hydroxylamine groups is 2. The van der Waals surface area contributed by atoms with E-state index in [1.54, 1.807) is 60.6 Å². The van der Waals surface area contributed by atoms with Crippen molar-refractivity contribution in [1.29, 1.82) is 0 Å². The minimum atomic E-state index is -1.66. The van der Waals surface area contributed by atoms with E-state index in [4.69, 9.17) is 4.74 Å². The molecule has 1 aliphatic heterocycles. The third-order valence-electron chi connectivity index (χ3n) is 17.0. The number of rotatable bonds is 19. The molecule has 13 atom stereocenters. The number of hydrogen-bond acceptors (Lipinski definition) is 15. The molecular weight excluding hydrogens is 1190 g/mol. The second-order valence-corrected chi connectivity index (χ2v) is 27.0. The van der Waals surface area contributed by atoms with E-state index in [9.17, 15) is 58.3 Å². The quantitative estimate of drug-likeness (QED) is 0.0468. The highest BCUT2D eigenvalue weighted by Crippen LogP contribution is 2.26. The average Bonchev–Trinajstić information content (AvgIpc) is 0.841. The highest BCUT2D eigenvalue weighted by Gasteiger charge is 2.46. The summed E-state index contributed by atoms with van der Waals surface area (Å²) in [5.41, 5.74) is 0. The summed E-state index contributed by atoms with van der Waals surface area (Å²) >= 11 is 0. The summed E-state index contributed by atoms with van der Waals surface area (Å²) in [7, 11) is 10.8. The molecule has 1 rings (SSSR count). The van der Waals surface area contributed by atoms with Crippen molar-refractivity contribution in [2.24, 2.45) is 35.5 Å². The molecular formula is C65H116N12O15. The number of nitrogens with one attached hydrogen (secondary N) is 4. The third-order valence-corrected chi connectivity index (χ3v) is 17.0. The Hall–Kier alpha value is -6.74. The Balaban J connectivity index is 4.40. The van der Waals surface area contributed by atoms with E-state index in [1.807, 2.05) is 41.5 Å². The molecule has 1 heterocycles. The molecule has 0 bridgehead atoms. The van der Waals surface area contributed by atoms with Crippen LogP contribution in [0.3, 0.4) is 0 Å². The number of likely N-dealkylation sites (N-methyl/N-ethyl adjacent to an activating group) is 7. The van der Waals surface area contributed by atoms with Crippen LogP contribution in [0.4, 0.5) is 0 Å². The fraction of sp³-hybridized carbons (Fsp3) is 0.785. The predicted molar refractivity (Wildman–Crippen MR) is 348 cm³/mol. The SMILES string of the molecule is CC=CC[C@@H](C)[C@@H](O)[C@H]1C(=O)N[C@@H](CC)C(=O)N(C)CC(=O)N(C)[C@@H]([C@@H](C)OCCCC(=O)N(C)O)C(=O)N[C@@H](C(C)C)C(=O)N(C)[C@@H](CC(C)C)C(=O)N[C@@H](C)C(=O)N[C@H](C)C(=O)N(C)[C@@H](CC(C)C)C(=O)N(C)[C@H](CC(C)C)C(=O)N(C)[C@@H](C(C)C)C(=O)N1C. The Kier molecular flexibility index (Phi) is 34.8. The molecule has 12 amide bonds. The van der Waals surface area contributed by atoms with Crippen molar-refractivity contribution in [3.05, 3.63) is 12.2 Å². The minimum absolute atomic E-state index is 0.0405. The second-order valence-electron chi connectivity index (χ2n) is 27.0.